The smallest absolute Gasteiger partial charge is 0.0551 e. The molecule has 1 aliphatic rings. The first-order chi connectivity index (χ1) is 5.67. The molecule has 0 bridgehead atoms. The molecule has 0 aromatic carbocycles. The Kier molecular flexibility index (Phi) is 1.94. The Morgan fingerprint density at radius 1 is 1.67 bits per heavy atom. The summed E-state index contributed by atoms with van der Waals surface area (Å²) in [5.74, 6) is 0. The molecule has 1 unspecified atom stereocenters. The highest BCUT2D eigenvalue weighted by molar-refractivity contribution is 7.10. The van der Waals surface area contributed by atoms with E-state index in [4.69, 9.17) is 17.3 Å². The van der Waals surface area contributed by atoms with Crippen LogP contribution in [0, 0.1) is 0 Å². The maximum Gasteiger partial charge on any atom is 0.0551 e. The van der Waals surface area contributed by atoms with Crippen molar-refractivity contribution in [3.8, 4) is 0 Å². The van der Waals surface area contributed by atoms with E-state index in [1.165, 1.54) is 17.7 Å². The predicted molar refractivity (Wildman–Crippen MR) is 53.9 cm³/mol. The van der Waals surface area contributed by atoms with E-state index < -0.39 is 0 Å². The molecule has 0 aliphatic heterocycles. The van der Waals surface area contributed by atoms with Gasteiger partial charge in [0.2, 0.25) is 0 Å². The van der Waals surface area contributed by atoms with Gasteiger partial charge in [0.05, 0.1) is 5.02 Å². The molecule has 1 aromatic rings. The summed E-state index contributed by atoms with van der Waals surface area (Å²) in [5, 5.41) is 2.94. The topological polar surface area (TPSA) is 26.0 Å². The van der Waals surface area contributed by atoms with Crippen molar-refractivity contribution in [2.24, 2.45) is 5.73 Å². The van der Waals surface area contributed by atoms with E-state index in [9.17, 15) is 0 Å². The van der Waals surface area contributed by atoms with Crippen molar-refractivity contribution in [2.75, 3.05) is 0 Å². The summed E-state index contributed by atoms with van der Waals surface area (Å²) in [6.07, 6.45) is 2.40. The van der Waals surface area contributed by atoms with E-state index >= 15 is 0 Å². The molecule has 0 spiro atoms. The normalized spacial score (nSPS) is 22.2. The van der Waals surface area contributed by atoms with Crippen molar-refractivity contribution >= 4 is 22.9 Å². The third kappa shape index (κ3) is 1.10. The molecule has 1 fully saturated rings. The molecule has 0 radical (unpaired) electrons. The van der Waals surface area contributed by atoms with Crippen LogP contribution in [0.2, 0.25) is 5.02 Å². The number of thiophene rings is 1. The van der Waals surface area contributed by atoms with E-state index in [1.807, 2.05) is 11.4 Å². The number of nitrogens with two attached hydrogens (primary N) is 1. The lowest BCUT2D eigenvalue weighted by Gasteiger charge is -2.18. The van der Waals surface area contributed by atoms with Crippen LogP contribution in [0.5, 0.6) is 0 Å². The summed E-state index contributed by atoms with van der Waals surface area (Å²) < 4.78 is 0. The second-order valence-electron chi connectivity index (χ2n) is 3.54. The minimum atomic E-state index is 0.227. The van der Waals surface area contributed by atoms with Crippen molar-refractivity contribution in [3.05, 3.63) is 21.3 Å². The first kappa shape index (κ1) is 8.54. The molecule has 1 heterocycles. The largest absolute Gasteiger partial charge is 0.327 e. The molecule has 1 atom stereocenters. The summed E-state index contributed by atoms with van der Waals surface area (Å²) in [5.41, 5.74) is 6.17. The van der Waals surface area contributed by atoms with E-state index in [0.29, 0.717) is 0 Å². The molecule has 1 nitrogen and oxygen atoms in total. The van der Waals surface area contributed by atoms with Crippen LogP contribution in [0.15, 0.2) is 11.4 Å². The number of hydrogen-bond donors (Lipinski definition) is 1. The van der Waals surface area contributed by atoms with Gasteiger partial charge in [-0.05, 0) is 31.2 Å². The molecule has 1 aliphatic carbocycles. The number of hydrogen-bond acceptors (Lipinski definition) is 2. The first-order valence-corrected chi connectivity index (χ1v) is 5.41. The minimum Gasteiger partial charge on any atom is -0.327 e. The zero-order chi connectivity index (χ0) is 8.77. The van der Waals surface area contributed by atoms with Crippen LogP contribution < -0.4 is 5.73 Å². The average molecular weight is 202 g/mol. The summed E-state index contributed by atoms with van der Waals surface area (Å²) in [6.45, 7) is 2.07. The van der Waals surface area contributed by atoms with Gasteiger partial charge in [-0.15, -0.1) is 11.3 Å². The van der Waals surface area contributed by atoms with Gasteiger partial charge in [0.15, 0.2) is 0 Å². The molecule has 2 rings (SSSR count). The Morgan fingerprint density at radius 2 is 2.33 bits per heavy atom. The Morgan fingerprint density at radius 3 is 2.67 bits per heavy atom. The van der Waals surface area contributed by atoms with E-state index in [2.05, 4.69) is 6.92 Å². The van der Waals surface area contributed by atoms with Crippen molar-refractivity contribution in [1.82, 2.24) is 0 Å². The van der Waals surface area contributed by atoms with E-state index in [1.54, 1.807) is 11.3 Å². The van der Waals surface area contributed by atoms with Gasteiger partial charge in [-0.25, -0.2) is 0 Å². The fourth-order valence-electron chi connectivity index (χ4n) is 1.67. The summed E-state index contributed by atoms with van der Waals surface area (Å²) in [7, 11) is 0. The van der Waals surface area contributed by atoms with Crippen molar-refractivity contribution in [2.45, 2.75) is 31.2 Å². The molecular formula is C9H12ClNS. The molecule has 1 saturated carbocycles. The molecular weight excluding hydrogens is 190 g/mol. The minimum absolute atomic E-state index is 0.227. The highest BCUT2D eigenvalue weighted by Gasteiger charge is 2.49. The molecule has 0 saturated heterocycles. The Labute approximate surface area is 81.5 Å². The van der Waals surface area contributed by atoms with Gasteiger partial charge in [-0.3, -0.25) is 0 Å². The van der Waals surface area contributed by atoms with Crippen LogP contribution in [0.25, 0.3) is 0 Å². The third-order valence-corrected chi connectivity index (χ3v) is 4.29. The fraction of sp³-hybridized carbons (Fsp3) is 0.556. The summed E-state index contributed by atoms with van der Waals surface area (Å²) in [4.78, 5) is 1.29. The van der Waals surface area contributed by atoms with Crippen LogP contribution >= 0.6 is 22.9 Å². The third-order valence-electron chi connectivity index (χ3n) is 2.73. The Balaban J connectivity index is 2.36. The van der Waals surface area contributed by atoms with Crippen molar-refractivity contribution in [1.29, 1.82) is 0 Å². The second kappa shape index (κ2) is 2.72. The highest BCUT2D eigenvalue weighted by Crippen LogP contribution is 2.54. The maximum absolute atomic E-state index is 6.06. The van der Waals surface area contributed by atoms with Gasteiger partial charge in [0.1, 0.15) is 0 Å². The fourth-order valence-corrected chi connectivity index (χ4v) is 3.28. The van der Waals surface area contributed by atoms with Crippen LogP contribution in [0.1, 0.15) is 24.6 Å². The lowest BCUT2D eigenvalue weighted by Crippen LogP contribution is -2.30. The van der Waals surface area contributed by atoms with Gasteiger partial charge in [-0.1, -0.05) is 11.6 Å². The van der Waals surface area contributed by atoms with E-state index in [0.717, 1.165) is 5.02 Å². The van der Waals surface area contributed by atoms with Crippen LogP contribution in [0.4, 0.5) is 0 Å². The molecule has 3 heteroatoms. The number of halogens is 1. The molecule has 12 heavy (non-hydrogen) atoms. The van der Waals surface area contributed by atoms with Gasteiger partial charge >= 0.3 is 0 Å². The zero-order valence-electron chi connectivity index (χ0n) is 7.01. The van der Waals surface area contributed by atoms with Crippen molar-refractivity contribution < 1.29 is 0 Å². The first-order valence-electron chi connectivity index (χ1n) is 4.16. The molecule has 66 valence electrons. The quantitative estimate of drug-likeness (QED) is 0.783. The second-order valence-corrected chi connectivity index (χ2v) is 4.87. The SMILES string of the molecule is CC(N)C1(c2sccc2Cl)CC1. The van der Waals surface area contributed by atoms with Gasteiger partial charge in [0, 0.05) is 16.3 Å². The van der Waals surface area contributed by atoms with Crippen molar-refractivity contribution in [3.63, 3.8) is 0 Å². The van der Waals surface area contributed by atoms with Crippen LogP contribution in [-0.2, 0) is 5.41 Å². The van der Waals surface area contributed by atoms with Crippen LogP contribution in [-0.4, -0.2) is 6.04 Å². The molecule has 1 aromatic heterocycles. The predicted octanol–water partition coefficient (Wildman–Crippen LogP) is 2.78. The molecule has 2 N–H and O–H groups in total. The zero-order valence-corrected chi connectivity index (χ0v) is 8.58. The van der Waals surface area contributed by atoms with Gasteiger partial charge < -0.3 is 5.73 Å². The average Bonchev–Trinajstić information content (AvgIpc) is 2.71. The lowest BCUT2D eigenvalue weighted by atomic mass is 9.97. The summed E-state index contributed by atoms with van der Waals surface area (Å²) >= 11 is 7.80. The van der Waals surface area contributed by atoms with E-state index in [-0.39, 0.29) is 11.5 Å². The van der Waals surface area contributed by atoms with Gasteiger partial charge in [-0.2, -0.15) is 0 Å². The molecule has 0 amide bonds. The Hall–Kier alpha value is -0.0500. The van der Waals surface area contributed by atoms with Crippen LogP contribution in [0.3, 0.4) is 0 Å². The Bertz CT molecular complexity index is 288. The monoisotopic (exact) mass is 201 g/mol. The van der Waals surface area contributed by atoms with Gasteiger partial charge in [0.25, 0.3) is 0 Å². The summed E-state index contributed by atoms with van der Waals surface area (Å²) in [6, 6.07) is 2.19. The lowest BCUT2D eigenvalue weighted by molar-refractivity contribution is 0.566. The standard InChI is InChI=1S/C9H12ClNS/c1-6(11)9(3-4-9)8-7(10)2-5-12-8/h2,5-6H,3-4,11H2,1H3. The number of rotatable bonds is 2. The maximum atomic E-state index is 6.06. The highest BCUT2D eigenvalue weighted by atomic mass is 35.5.